The Hall–Kier alpha value is -1.22. The molecule has 1 aromatic rings. The summed E-state index contributed by atoms with van der Waals surface area (Å²) in [6.07, 6.45) is -0.483. The Labute approximate surface area is 88.0 Å². The van der Waals surface area contributed by atoms with Gasteiger partial charge in [0.1, 0.15) is 6.61 Å². The smallest absolute Gasteiger partial charge is 0.411 e. The summed E-state index contributed by atoms with van der Waals surface area (Å²) in [4.78, 5) is 11.1. The van der Waals surface area contributed by atoms with Gasteiger partial charge in [-0.2, -0.15) is 0 Å². The van der Waals surface area contributed by atoms with Gasteiger partial charge in [-0.15, -0.1) is 11.6 Å². The monoisotopic (exact) mass is 213 g/mol. The molecule has 0 aliphatic heterocycles. The van der Waals surface area contributed by atoms with Crippen LogP contribution in [-0.2, 0) is 4.74 Å². The van der Waals surface area contributed by atoms with Gasteiger partial charge < -0.3 is 4.74 Å². The van der Waals surface area contributed by atoms with Crippen LogP contribution >= 0.6 is 11.6 Å². The molecule has 1 atom stereocenters. The topological polar surface area (TPSA) is 38.3 Å². The Morgan fingerprint density at radius 2 is 2.14 bits per heavy atom. The molecule has 1 aromatic carbocycles. The van der Waals surface area contributed by atoms with Crippen LogP contribution in [0.25, 0.3) is 0 Å². The van der Waals surface area contributed by atoms with Crippen LogP contribution in [0.1, 0.15) is 6.92 Å². The van der Waals surface area contributed by atoms with E-state index in [9.17, 15) is 4.79 Å². The van der Waals surface area contributed by atoms with Crippen LogP contribution in [0.2, 0.25) is 0 Å². The van der Waals surface area contributed by atoms with Crippen LogP contribution in [0.3, 0.4) is 0 Å². The lowest BCUT2D eigenvalue weighted by molar-refractivity contribution is 0.162. The van der Waals surface area contributed by atoms with Crippen LogP contribution in [-0.4, -0.2) is 18.1 Å². The lowest BCUT2D eigenvalue weighted by Gasteiger charge is -2.07. The van der Waals surface area contributed by atoms with Crippen molar-refractivity contribution < 1.29 is 9.53 Å². The Balaban J connectivity index is 2.35. The summed E-state index contributed by atoms with van der Waals surface area (Å²) in [5.74, 6) is 0. The molecule has 14 heavy (non-hydrogen) atoms. The largest absolute Gasteiger partial charge is 0.448 e. The quantitative estimate of drug-likeness (QED) is 0.785. The van der Waals surface area contributed by atoms with Gasteiger partial charge in [0.25, 0.3) is 0 Å². The first kappa shape index (κ1) is 10.9. The maximum atomic E-state index is 11.1. The highest BCUT2D eigenvalue weighted by Gasteiger charge is 2.04. The minimum Gasteiger partial charge on any atom is -0.448 e. The maximum absolute atomic E-state index is 11.1. The molecule has 0 fully saturated rings. The molecule has 3 nitrogen and oxygen atoms in total. The second-order valence-corrected chi connectivity index (χ2v) is 3.62. The van der Waals surface area contributed by atoms with E-state index in [1.807, 2.05) is 18.2 Å². The van der Waals surface area contributed by atoms with Crippen molar-refractivity contribution in [1.29, 1.82) is 0 Å². The van der Waals surface area contributed by atoms with Crippen LogP contribution in [0.5, 0.6) is 0 Å². The highest BCUT2D eigenvalue weighted by molar-refractivity contribution is 6.20. The molecule has 1 unspecified atom stereocenters. The SMILES string of the molecule is CC(Cl)COC(=O)Nc1ccccc1. The average molecular weight is 214 g/mol. The first-order valence-electron chi connectivity index (χ1n) is 4.31. The lowest BCUT2D eigenvalue weighted by Crippen LogP contribution is -2.17. The fraction of sp³-hybridized carbons (Fsp3) is 0.300. The third-order valence-electron chi connectivity index (χ3n) is 1.46. The second-order valence-electron chi connectivity index (χ2n) is 2.87. The number of anilines is 1. The van der Waals surface area contributed by atoms with E-state index in [0.29, 0.717) is 5.69 Å². The maximum Gasteiger partial charge on any atom is 0.411 e. The number of benzene rings is 1. The molecule has 0 aromatic heterocycles. The van der Waals surface area contributed by atoms with Crippen LogP contribution in [0, 0.1) is 0 Å². The predicted octanol–water partition coefficient (Wildman–Crippen LogP) is 2.86. The number of carbonyl (C=O) groups is 1. The first-order valence-corrected chi connectivity index (χ1v) is 4.75. The van der Waals surface area contributed by atoms with Gasteiger partial charge in [-0.3, -0.25) is 5.32 Å². The number of amides is 1. The molecule has 0 spiro atoms. The minimum absolute atomic E-state index is 0.170. The van der Waals surface area contributed by atoms with Gasteiger partial charge in [0.2, 0.25) is 0 Å². The van der Waals surface area contributed by atoms with Crippen molar-refractivity contribution in [3.63, 3.8) is 0 Å². The summed E-state index contributed by atoms with van der Waals surface area (Å²) in [6, 6.07) is 9.10. The number of halogens is 1. The summed E-state index contributed by atoms with van der Waals surface area (Å²) < 4.78 is 4.83. The number of alkyl halides is 1. The zero-order valence-electron chi connectivity index (χ0n) is 7.87. The Morgan fingerprint density at radius 1 is 1.50 bits per heavy atom. The number of rotatable bonds is 3. The summed E-state index contributed by atoms with van der Waals surface area (Å²) in [7, 11) is 0. The van der Waals surface area contributed by atoms with Crippen molar-refractivity contribution >= 4 is 23.4 Å². The molecular weight excluding hydrogens is 202 g/mol. The molecule has 0 saturated carbocycles. The Morgan fingerprint density at radius 3 is 2.71 bits per heavy atom. The number of carbonyl (C=O) groups excluding carboxylic acids is 1. The zero-order chi connectivity index (χ0) is 10.4. The van der Waals surface area contributed by atoms with Crippen molar-refractivity contribution in [1.82, 2.24) is 0 Å². The normalized spacial score (nSPS) is 11.9. The van der Waals surface area contributed by atoms with Crippen molar-refractivity contribution in [2.24, 2.45) is 0 Å². The highest BCUT2D eigenvalue weighted by Crippen LogP contribution is 2.05. The fourth-order valence-electron chi connectivity index (χ4n) is 0.866. The van der Waals surface area contributed by atoms with Crippen molar-refractivity contribution in [2.75, 3.05) is 11.9 Å². The van der Waals surface area contributed by atoms with E-state index in [4.69, 9.17) is 16.3 Å². The van der Waals surface area contributed by atoms with E-state index in [2.05, 4.69) is 5.32 Å². The van der Waals surface area contributed by atoms with E-state index in [1.54, 1.807) is 19.1 Å². The van der Waals surface area contributed by atoms with Crippen molar-refractivity contribution in [3.05, 3.63) is 30.3 Å². The zero-order valence-corrected chi connectivity index (χ0v) is 8.62. The third kappa shape index (κ3) is 4.14. The minimum atomic E-state index is -0.483. The summed E-state index contributed by atoms with van der Waals surface area (Å²) in [5.41, 5.74) is 0.708. The molecule has 1 amide bonds. The molecular formula is C10H12ClNO2. The van der Waals surface area contributed by atoms with Gasteiger partial charge in [0, 0.05) is 5.69 Å². The van der Waals surface area contributed by atoms with Gasteiger partial charge in [0.15, 0.2) is 0 Å². The molecule has 0 saturated heterocycles. The van der Waals surface area contributed by atoms with Gasteiger partial charge in [0.05, 0.1) is 5.38 Å². The fourth-order valence-corrected chi connectivity index (χ4v) is 0.929. The van der Waals surface area contributed by atoms with E-state index in [1.165, 1.54) is 0 Å². The van der Waals surface area contributed by atoms with E-state index >= 15 is 0 Å². The van der Waals surface area contributed by atoms with Crippen molar-refractivity contribution in [3.8, 4) is 0 Å². The number of hydrogen-bond donors (Lipinski definition) is 1. The lowest BCUT2D eigenvalue weighted by atomic mass is 10.3. The van der Waals surface area contributed by atoms with Gasteiger partial charge in [-0.05, 0) is 19.1 Å². The van der Waals surface area contributed by atoms with Gasteiger partial charge >= 0.3 is 6.09 Å². The Kier molecular flexibility index (Phi) is 4.26. The molecule has 1 N–H and O–H groups in total. The highest BCUT2D eigenvalue weighted by atomic mass is 35.5. The summed E-state index contributed by atoms with van der Waals surface area (Å²) >= 11 is 5.62. The van der Waals surface area contributed by atoms with Gasteiger partial charge in [-0.25, -0.2) is 4.79 Å². The molecule has 1 rings (SSSR count). The molecule has 0 heterocycles. The van der Waals surface area contributed by atoms with Crippen molar-refractivity contribution in [2.45, 2.75) is 12.3 Å². The summed E-state index contributed by atoms with van der Waals surface area (Å²) in [5, 5.41) is 2.41. The number of nitrogens with one attached hydrogen (secondary N) is 1. The average Bonchev–Trinajstić information content (AvgIpc) is 2.16. The van der Waals surface area contributed by atoms with Gasteiger partial charge in [-0.1, -0.05) is 18.2 Å². The number of hydrogen-bond acceptors (Lipinski definition) is 2. The van der Waals surface area contributed by atoms with E-state index < -0.39 is 6.09 Å². The Bertz CT molecular complexity index is 287. The second kappa shape index (κ2) is 5.50. The van der Waals surface area contributed by atoms with Crippen LogP contribution in [0.15, 0.2) is 30.3 Å². The first-order chi connectivity index (χ1) is 6.68. The molecule has 0 aliphatic carbocycles. The molecule has 0 aliphatic rings. The molecule has 76 valence electrons. The summed E-state index contributed by atoms with van der Waals surface area (Å²) in [6.45, 7) is 1.97. The predicted molar refractivity (Wildman–Crippen MR) is 56.7 cm³/mol. The molecule has 0 bridgehead atoms. The molecule has 0 radical (unpaired) electrons. The third-order valence-corrected chi connectivity index (χ3v) is 1.59. The standard InChI is InChI=1S/C10H12ClNO2/c1-8(11)7-14-10(13)12-9-5-3-2-4-6-9/h2-6,8H,7H2,1H3,(H,12,13). The van der Waals surface area contributed by atoms with Crippen LogP contribution in [0.4, 0.5) is 10.5 Å². The number of ether oxygens (including phenoxy) is 1. The van der Waals surface area contributed by atoms with Crippen LogP contribution < -0.4 is 5.32 Å². The van der Waals surface area contributed by atoms with E-state index in [-0.39, 0.29) is 12.0 Å². The van der Waals surface area contributed by atoms with E-state index in [0.717, 1.165) is 0 Å². The number of para-hydroxylation sites is 1. The molecule has 4 heteroatoms.